The number of carbonyl (C=O) groups excluding carboxylic acids is 2. The lowest BCUT2D eigenvalue weighted by atomic mass is 9.88. The maximum atomic E-state index is 12.9. The van der Waals surface area contributed by atoms with Crippen molar-refractivity contribution in [3.05, 3.63) is 34.9 Å². The number of hydrogen-bond acceptors (Lipinski definition) is 3. The summed E-state index contributed by atoms with van der Waals surface area (Å²) in [6.45, 7) is 4.09. The fourth-order valence-electron chi connectivity index (χ4n) is 4.17. The van der Waals surface area contributed by atoms with E-state index >= 15 is 0 Å². The number of nitrogens with zero attached hydrogens (tertiary/aromatic N) is 1. The summed E-state index contributed by atoms with van der Waals surface area (Å²) in [4.78, 5) is 27.3. The summed E-state index contributed by atoms with van der Waals surface area (Å²) in [7, 11) is 0. The van der Waals surface area contributed by atoms with Gasteiger partial charge in [-0.25, -0.2) is 0 Å². The quantitative estimate of drug-likeness (QED) is 0.809. The third-order valence-electron chi connectivity index (χ3n) is 5.64. The van der Waals surface area contributed by atoms with Crippen LogP contribution < -0.4 is 10.6 Å². The Morgan fingerprint density at radius 1 is 1.30 bits per heavy atom. The molecule has 5 nitrogen and oxygen atoms in total. The maximum absolute atomic E-state index is 12.9. The number of benzene rings is 1. The van der Waals surface area contributed by atoms with Crippen molar-refractivity contribution < 1.29 is 9.59 Å². The molecule has 1 aromatic rings. The van der Waals surface area contributed by atoms with E-state index in [1.807, 2.05) is 36.1 Å². The van der Waals surface area contributed by atoms with E-state index in [9.17, 15) is 9.59 Å². The molecule has 1 aromatic carbocycles. The average molecular weight is 392 g/mol. The molecule has 0 radical (unpaired) electrons. The van der Waals surface area contributed by atoms with E-state index in [1.165, 1.54) is 6.42 Å². The second-order valence-electron chi connectivity index (χ2n) is 7.81. The standard InChI is InChI=1S/C21H30ClN3O2/c1-15(24-21(27)16-6-3-2-4-7-16)12-20(26)25-11-10-23-14-19(25)17-8-5-9-18(22)13-17/h5,8-9,13,15-16,19,23H,2-4,6-7,10-12,14H2,1H3,(H,24,27). The second kappa shape index (κ2) is 9.56. The molecule has 1 aliphatic carbocycles. The molecule has 2 fully saturated rings. The van der Waals surface area contributed by atoms with Gasteiger partial charge in [0.15, 0.2) is 0 Å². The van der Waals surface area contributed by atoms with Gasteiger partial charge in [0, 0.05) is 43.0 Å². The predicted octanol–water partition coefficient (Wildman–Crippen LogP) is 3.29. The van der Waals surface area contributed by atoms with Crippen LogP contribution in [0.15, 0.2) is 24.3 Å². The number of halogens is 1. The van der Waals surface area contributed by atoms with Crippen LogP contribution in [0, 0.1) is 5.92 Å². The first kappa shape index (κ1) is 20.2. The molecule has 6 heteroatoms. The minimum Gasteiger partial charge on any atom is -0.353 e. The number of amides is 2. The smallest absolute Gasteiger partial charge is 0.225 e. The van der Waals surface area contributed by atoms with E-state index in [1.54, 1.807) is 0 Å². The number of rotatable bonds is 5. The molecule has 1 aliphatic heterocycles. The van der Waals surface area contributed by atoms with E-state index in [4.69, 9.17) is 11.6 Å². The molecule has 0 spiro atoms. The summed E-state index contributed by atoms with van der Waals surface area (Å²) in [5, 5.41) is 7.10. The fraction of sp³-hybridized carbons (Fsp3) is 0.619. The van der Waals surface area contributed by atoms with Crippen LogP contribution in [0.3, 0.4) is 0 Å². The zero-order valence-electron chi connectivity index (χ0n) is 16.0. The summed E-state index contributed by atoms with van der Waals surface area (Å²) in [6, 6.07) is 7.53. The Kier molecular flexibility index (Phi) is 7.13. The molecule has 2 atom stereocenters. The molecule has 2 N–H and O–H groups in total. The molecule has 1 saturated carbocycles. The second-order valence-corrected chi connectivity index (χ2v) is 8.25. The zero-order chi connectivity index (χ0) is 19.2. The number of hydrogen-bond donors (Lipinski definition) is 2. The third kappa shape index (κ3) is 5.45. The molecule has 1 heterocycles. The van der Waals surface area contributed by atoms with E-state index in [0.29, 0.717) is 18.0 Å². The summed E-state index contributed by atoms with van der Waals surface area (Å²) in [5.74, 6) is 0.314. The molecular weight excluding hydrogens is 362 g/mol. The first-order valence-electron chi connectivity index (χ1n) is 10.1. The Balaban J connectivity index is 1.58. The Morgan fingerprint density at radius 3 is 2.81 bits per heavy atom. The van der Waals surface area contributed by atoms with Gasteiger partial charge in [-0.15, -0.1) is 0 Å². The first-order valence-corrected chi connectivity index (χ1v) is 10.5. The molecule has 148 valence electrons. The fourth-order valence-corrected chi connectivity index (χ4v) is 4.37. The van der Waals surface area contributed by atoms with E-state index in [2.05, 4.69) is 10.6 Å². The van der Waals surface area contributed by atoms with Gasteiger partial charge < -0.3 is 15.5 Å². The topological polar surface area (TPSA) is 61.4 Å². The van der Waals surface area contributed by atoms with Crippen molar-refractivity contribution in [2.24, 2.45) is 5.92 Å². The molecule has 2 unspecified atom stereocenters. The van der Waals surface area contributed by atoms with Crippen LogP contribution in [0.4, 0.5) is 0 Å². The molecule has 3 rings (SSSR count). The molecule has 0 bridgehead atoms. The summed E-state index contributed by atoms with van der Waals surface area (Å²) >= 11 is 6.14. The molecule has 2 aliphatic rings. The van der Waals surface area contributed by atoms with E-state index < -0.39 is 0 Å². The summed E-state index contributed by atoms with van der Waals surface area (Å²) < 4.78 is 0. The van der Waals surface area contributed by atoms with Crippen molar-refractivity contribution >= 4 is 23.4 Å². The molecular formula is C21H30ClN3O2. The van der Waals surface area contributed by atoms with Crippen molar-refractivity contribution in [1.29, 1.82) is 0 Å². The van der Waals surface area contributed by atoms with Gasteiger partial charge in [-0.05, 0) is 37.5 Å². The Bertz CT molecular complexity index is 661. The highest BCUT2D eigenvalue weighted by molar-refractivity contribution is 6.30. The highest BCUT2D eigenvalue weighted by Crippen LogP contribution is 2.26. The lowest BCUT2D eigenvalue weighted by molar-refractivity contribution is -0.135. The Labute approximate surface area is 166 Å². The van der Waals surface area contributed by atoms with Gasteiger partial charge in [-0.3, -0.25) is 9.59 Å². The van der Waals surface area contributed by atoms with Crippen molar-refractivity contribution in [1.82, 2.24) is 15.5 Å². The van der Waals surface area contributed by atoms with Crippen molar-refractivity contribution in [3.63, 3.8) is 0 Å². The van der Waals surface area contributed by atoms with Gasteiger partial charge >= 0.3 is 0 Å². The van der Waals surface area contributed by atoms with Gasteiger partial charge in [0.2, 0.25) is 11.8 Å². The first-order chi connectivity index (χ1) is 13.0. The molecule has 2 amide bonds. The molecule has 0 aromatic heterocycles. The van der Waals surface area contributed by atoms with Crippen LogP contribution in [0.5, 0.6) is 0 Å². The van der Waals surface area contributed by atoms with Crippen molar-refractivity contribution in [2.75, 3.05) is 19.6 Å². The van der Waals surface area contributed by atoms with Crippen LogP contribution in [0.2, 0.25) is 5.02 Å². The molecule has 27 heavy (non-hydrogen) atoms. The lowest BCUT2D eigenvalue weighted by Crippen LogP contribution is -2.50. The normalized spacial score (nSPS) is 22.3. The SMILES string of the molecule is CC(CC(=O)N1CCNCC1c1cccc(Cl)c1)NC(=O)C1CCCCC1. The van der Waals surface area contributed by atoms with E-state index in [0.717, 1.165) is 44.3 Å². The van der Waals surface area contributed by atoms with Crippen molar-refractivity contribution in [3.8, 4) is 0 Å². The van der Waals surface area contributed by atoms with Crippen molar-refractivity contribution in [2.45, 2.75) is 57.5 Å². The highest BCUT2D eigenvalue weighted by atomic mass is 35.5. The Morgan fingerprint density at radius 2 is 2.07 bits per heavy atom. The van der Waals surface area contributed by atoms with Gasteiger partial charge in [0.05, 0.1) is 6.04 Å². The van der Waals surface area contributed by atoms with Crippen LogP contribution in [0.25, 0.3) is 0 Å². The van der Waals surface area contributed by atoms with Gasteiger partial charge in [0.25, 0.3) is 0 Å². The largest absolute Gasteiger partial charge is 0.353 e. The minimum absolute atomic E-state index is 0.0220. The average Bonchev–Trinajstić information content (AvgIpc) is 2.68. The lowest BCUT2D eigenvalue weighted by Gasteiger charge is -2.37. The third-order valence-corrected chi connectivity index (χ3v) is 5.88. The zero-order valence-corrected chi connectivity index (χ0v) is 16.8. The van der Waals surface area contributed by atoms with Gasteiger partial charge in [-0.1, -0.05) is 43.0 Å². The monoisotopic (exact) mass is 391 g/mol. The number of carbonyl (C=O) groups is 2. The van der Waals surface area contributed by atoms with E-state index in [-0.39, 0.29) is 29.8 Å². The van der Waals surface area contributed by atoms with Crippen LogP contribution >= 0.6 is 11.6 Å². The summed E-state index contributed by atoms with van der Waals surface area (Å²) in [5.41, 5.74) is 1.04. The van der Waals surface area contributed by atoms with Gasteiger partial charge in [0.1, 0.15) is 0 Å². The predicted molar refractivity (Wildman–Crippen MR) is 108 cm³/mol. The summed E-state index contributed by atoms with van der Waals surface area (Å²) in [6.07, 6.45) is 5.77. The van der Waals surface area contributed by atoms with Gasteiger partial charge in [-0.2, -0.15) is 0 Å². The highest BCUT2D eigenvalue weighted by Gasteiger charge is 2.29. The Hall–Kier alpha value is -1.59. The maximum Gasteiger partial charge on any atom is 0.225 e. The van der Waals surface area contributed by atoms with Crippen LogP contribution in [0.1, 0.15) is 57.1 Å². The van der Waals surface area contributed by atoms with Crippen LogP contribution in [-0.4, -0.2) is 42.4 Å². The molecule has 1 saturated heterocycles. The minimum atomic E-state index is -0.151. The number of piperazine rings is 1. The number of nitrogens with one attached hydrogen (secondary N) is 2. The van der Waals surface area contributed by atoms with Crippen LogP contribution in [-0.2, 0) is 9.59 Å².